The standard InChI is InChI=1S/C19H23N3O/c1-14-8-9-16(19(20)23)13-17(14)21-10-12-22-11-4-6-15-5-2-3-7-18(15)22/h2-3,5,7-9,13,21H,4,6,10-12H2,1H3,(H2,20,23). The largest absolute Gasteiger partial charge is 0.383 e. The van der Waals surface area contributed by atoms with Gasteiger partial charge in [-0.25, -0.2) is 0 Å². The minimum Gasteiger partial charge on any atom is -0.383 e. The number of anilines is 2. The van der Waals surface area contributed by atoms with Gasteiger partial charge >= 0.3 is 0 Å². The molecule has 0 bridgehead atoms. The lowest BCUT2D eigenvalue weighted by molar-refractivity contribution is 0.100. The van der Waals surface area contributed by atoms with Gasteiger partial charge in [-0.1, -0.05) is 24.3 Å². The van der Waals surface area contributed by atoms with Crippen LogP contribution in [0.15, 0.2) is 42.5 Å². The summed E-state index contributed by atoms with van der Waals surface area (Å²) in [5, 5.41) is 3.44. The summed E-state index contributed by atoms with van der Waals surface area (Å²) >= 11 is 0. The Hall–Kier alpha value is -2.49. The van der Waals surface area contributed by atoms with E-state index < -0.39 is 5.91 Å². The number of hydrogen-bond donors (Lipinski definition) is 2. The van der Waals surface area contributed by atoms with Crippen molar-refractivity contribution < 1.29 is 4.79 Å². The van der Waals surface area contributed by atoms with Crippen LogP contribution in [-0.4, -0.2) is 25.5 Å². The Morgan fingerprint density at radius 3 is 2.91 bits per heavy atom. The van der Waals surface area contributed by atoms with Crippen LogP contribution >= 0.6 is 0 Å². The number of nitrogens with zero attached hydrogens (tertiary/aromatic N) is 1. The van der Waals surface area contributed by atoms with Gasteiger partial charge < -0.3 is 16.0 Å². The second kappa shape index (κ2) is 6.73. The maximum absolute atomic E-state index is 11.3. The number of hydrogen-bond acceptors (Lipinski definition) is 3. The summed E-state index contributed by atoms with van der Waals surface area (Å²) in [7, 11) is 0. The second-order valence-corrected chi connectivity index (χ2v) is 6.04. The van der Waals surface area contributed by atoms with Gasteiger partial charge in [0.05, 0.1) is 0 Å². The number of para-hydroxylation sites is 1. The van der Waals surface area contributed by atoms with Crippen LogP contribution < -0.4 is 16.0 Å². The summed E-state index contributed by atoms with van der Waals surface area (Å²) in [6, 6.07) is 14.2. The van der Waals surface area contributed by atoms with Crippen molar-refractivity contribution in [1.29, 1.82) is 0 Å². The molecule has 0 unspecified atom stereocenters. The number of carbonyl (C=O) groups is 1. The molecule has 0 saturated carbocycles. The average molecular weight is 309 g/mol. The molecule has 120 valence electrons. The molecule has 3 rings (SSSR count). The number of nitrogens with one attached hydrogen (secondary N) is 1. The molecule has 3 N–H and O–H groups in total. The fourth-order valence-corrected chi connectivity index (χ4v) is 3.14. The predicted octanol–water partition coefficient (Wildman–Crippen LogP) is 2.96. The Bertz CT molecular complexity index is 712. The summed E-state index contributed by atoms with van der Waals surface area (Å²) in [6.45, 7) is 4.90. The number of amides is 1. The Morgan fingerprint density at radius 1 is 1.26 bits per heavy atom. The second-order valence-electron chi connectivity index (χ2n) is 6.04. The van der Waals surface area contributed by atoms with Crippen molar-refractivity contribution >= 4 is 17.3 Å². The Balaban J connectivity index is 1.64. The van der Waals surface area contributed by atoms with E-state index in [-0.39, 0.29) is 0 Å². The van der Waals surface area contributed by atoms with Gasteiger partial charge in [-0.15, -0.1) is 0 Å². The summed E-state index contributed by atoms with van der Waals surface area (Å²) in [4.78, 5) is 13.7. The zero-order valence-electron chi connectivity index (χ0n) is 13.5. The van der Waals surface area contributed by atoms with Gasteiger partial charge in [-0.3, -0.25) is 4.79 Å². The highest BCUT2D eigenvalue weighted by Crippen LogP contribution is 2.26. The molecule has 0 saturated heterocycles. The highest BCUT2D eigenvalue weighted by atomic mass is 16.1. The van der Waals surface area contributed by atoms with Crippen molar-refractivity contribution in [3.63, 3.8) is 0 Å². The Kier molecular flexibility index (Phi) is 4.51. The summed E-state index contributed by atoms with van der Waals surface area (Å²) in [6.07, 6.45) is 2.37. The lowest BCUT2D eigenvalue weighted by atomic mass is 10.0. The third-order valence-electron chi connectivity index (χ3n) is 4.43. The number of aryl methyl sites for hydroxylation is 2. The zero-order valence-corrected chi connectivity index (χ0v) is 13.5. The molecule has 0 aliphatic carbocycles. The van der Waals surface area contributed by atoms with Crippen molar-refractivity contribution in [1.82, 2.24) is 0 Å². The van der Waals surface area contributed by atoms with Gasteiger partial charge in [0.2, 0.25) is 5.91 Å². The van der Waals surface area contributed by atoms with E-state index in [1.54, 1.807) is 6.07 Å². The molecule has 2 aromatic rings. The van der Waals surface area contributed by atoms with Crippen LogP contribution in [0.1, 0.15) is 27.9 Å². The van der Waals surface area contributed by atoms with E-state index in [0.717, 1.165) is 30.9 Å². The molecule has 1 aliphatic rings. The zero-order chi connectivity index (χ0) is 16.2. The van der Waals surface area contributed by atoms with E-state index in [1.165, 1.54) is 24.1 Å². The molecule has 2 aromatic carbocycles. The molecular weight excluding hydrogens is 286 g/mol. The van der Waals surface area contributed by atoms with Crippen molar-refractivity contribution in [3.8, 4) is 0 Å². The van der Waals surface area contributed by atoms with Crippen molar-refractivity contribution in [2.24, 2.45) is 5.73 Å². The molecule has 0 aromatic heterocycles. The van der Waals surface area contributed by atoms with Gasteiger partial charge in [-0.05, 0) is 49.1 Å². The minimum atomic E-state index is -0.391. The topological polar surface area (TPSA) is 58.4 Å². The number of carbonyl (C=O) groups excluding carboxylic acids is 1. The fourth-order valence-electron chi connectivity index (χ4n) is 3.14. The van der Waals surface area contributed by atoms with Crippen LogP contribution in [0.25, 0.3) is 0 Å². The number of primary amides is 1. The van der Waals surface area contributed by atoms with Crippen molar-refractivity contribution in [3.05, 3.63) is 59.2 Å². The van der Waals surface area contributed by atoms with Crippen LogP contribution in [0.2, 0.25) is 0 Å². The first kappa shape index (κ1) is 15.4. The Morgan fingerprint density at radius 2 is 2.09 bits per heavy atom. The van der Waals surface area contributed by atoms with Crippen molar-refractivity contribution in [2.75, 3.05) is 29.9 Å². The first-order chi connectivity index (χ1) is 11.1. The molecular formula is C19H23N3O. The molecule has 4 nitrogen and oxygen atoms in total. The van der Waals surface area contributed by atoms with Gasteiger partial charge in [0, 0.05) is 36.6 Å². The van der Waals surface area contributed by atoms with E-state index in [1.807, 2.05) is 19.1 Å². The van der Waals surface area contributed by atoms with Crippen molar-refractivity contribution in [2.45, 2.75) is 19.8 Å². The summed E-state index contributed by atoms with van der Waals surface area (Å²) in [5.74, 6) is -0.391. The highest BCUT2D eigenvalue weighted by Gasteiger charge is 2.15. The molecule has 0 spiro atoms. The van der Waals surface area contributed by atoms with Gasteiger partial charge in [-0.2, -0.15) is 0 Å². The van der Waals surface area contributed by atoms with Gasteiger partial charge in [0.1, 0.15) is 0 Å². The van der Waals surface area contributed by atoms with E-state index in [4.69, 9.17) is 5.73 Å². The quantitative estimate of drug-likeness (QED) is 0.893. The normalized spacial score (nSPS) is 13.5. The SMILES string of the molecule is Cc1ccc(C(N)=O)cc1NCCN1CCCc2ccccc21. The van der Waals surface area contributed by atoms with E-state index >= 15 is 0 Å². The summed E-state index contributed by atoms with van der Waals surface area (Å²) in [5.41, 5.74) is 10.8. The monoisotopic (exact) mass is 309 g/mol. The molecule has 0 radical (unpaired) electrons. The van der Waals surface area contributed by atoms with Crippen LogP contribution in [0.3, 0.4) is 0 Å². The predicted molar refractivity (Wildman–Crippen MR) is 95.2 cm³/mol. The third kappa shape index (κ3) is 3.47. The lowest BCUT2D eigenvalue weighted by Crippen LogP contribution is -2.33. The lowest BCUT2D eigenvalue weighted by Gasteiger charge is -2.31. The summed E-state index contributed by atoms with van der Waals surface area (Å²) < 4.78 is 0. The molecule has 4 heteroatoms. The van der Waals surface area contributed by atoms with Crippen LogP contribution in [0.4, 0.5) is 11.4 Å². The van der Waals surface area contributed by atoms with E-state index in [0.29, 0.717) is 5.56 Å². The van der Waals surface area contributed by atoms with E-state index in [9.17, 15) is 4.79 Å². The first-order valence-electron chi connectivity index (χ1n) is 8.12. The number of fused-ring (bicyclic) bond motifs is 1. The molecule has 0 fully saturated rings. The molecule has 0 atom stereocenters. The maximum Gasteiger partial charge on any atom is 0.248 e. The minimum absolute atomic E-state index is 0.391. The maximum atomic E-state index is 11.3. The van der Waals surface area contributed by atoms with Crippen LogP contribution in [-0.2, 0) is 6.42 Å². The smallest absolute Gasteiger partial charge is 0.248 e. The Labute approximate surface area is 137 Å². The van der Waals surface area contributed by atoms with Crippen LogP contribution in [0, 0.1) is 6.92 Å². The number of rotatable bonds is 5. The number of nitrogens with two attached hydrogens (primary N) is 1. The fraction of sp³-hybridized carbons (Fsp3) is 0.316. The highest BCUT2D eigenvalue weighted by molar-refractivity contribution is 5.94. The van der Waals surface area contributed by atoms with Crippen LogP contribution in [0.5, 0.6) is 0 Å². The molecule has 1 heterocycles. The van der Waals surface area contributed by atoms with Gasteiger partial charge in [0.25, 0.3) is 0 Å². The first-order valence-corrected chi connectivity index (χ1v) is 8.12. The third-order valence-corrected chi connectivity index (χ3v) is 4.43. The molecule has 1 amide bonds. The molecule has 23 heavy (non-hydrogen) atoms. The van der Waals surface area contributed by atoms with E-state index in [2.05, 4.69) is 34.5 Å². The molecule has 1 aliphatic heterocycles. The average Bonchev–Trinajstić information content (AvgIpc) is 2.56. The number of benzene rings is 2. The van der Waals surface area contributed by atoms with Gasteiger partial charge in [0.15, 0.2) is 0 Å².